The molecule has 0 bridgehead atoms. The van der Waals surface area contributed by atoms with Gasteiger partial charge in [0.15, 0.2) is 0 Å². The number of ether oxygens (including phenoxy) is 2. The number of rotatable bonds is 11. The van der Waals surface area contributed by atoms with Gasteiger partial charge in [0, 0.05) is 35.4 Å². The summed E-state index contributed by atoms with van der Waals surface area (Å²) in [6.45, 7) is 11.2. The topological polar surface area (TPSA) is 189 Å². The minimum absolute atomic E-state index is 0.343. The Bertz CT molecular complexity index is 2530. The van der Waals surface area contributed by atoms with E-state index in [0.717, 1.165) is 10.9 Å². The number of anilines is 2. The fourth-order valence-corrected chi connectivity index (χ4v) is 8.09. The Labute approximate surface area is 378 Å². The first kappa shape index (κ1) is 45.9. The maximum absolute atomic E-state index is 14.0. The lowest BCUT2D eigenvalue weighted by atomic mass is 10.0. The number of furan rings is 1. The molecular formula is C50H56N6O9. The molecule has 4 aromatic carbocycles. The Morgan fingerprint density at radius 1 is 0.585 bits per heavy atom. The summed E-state index contributed by atoms with van der Waals surface area (Å²) >= 11 is 0. The number of nitrogens with one attached hydrogen (secondary N) is 4. The second-order valence-electron chi connectivity index (χ2n) is 18.3. The van der Waals surface area contributed by atoms with Gasteiger partial charge < -0.3 is 45.0 Å². The van der Waals surface area contributed by atoms with E-state index in [2.05, 4.69) is 21.3 Å². The van der Waals surface area contributed by atoms with E-state index in [-0.39, 0.29) is 11.8 Å². The van der Waals surface area contributed by atoms with Crippen molar-refractivity contribution in [1.29, 1.82) is 0 Å². The first-order valence-corrected chi connectivity index (χ1v) is 21.9. The number of likely N-dealkylation sites (tertiary alicyclic amines) is 2. The number of amides is 6. The average molecular weight is 885 g/mol. The normalized spacial score (nSPS) is 17.2. The van der Waals surface area contributed by atoms with Crippen molar-refractivity contribution in [2.75, 3.05) is 23.7 Å². The van der Waals surface area contributed by atoms with Crippen LogP contribution in [0.3, 0.4) is 0 Å². The van der Waals surface area contributed by atoms with Gasteiger partial charge in [-0.1, -0.05) is 60.7 Å². The molecule has 1 unspecified atom stereocenters. The van der Waals surface area contributed by atoms with Crippen LogP contribution in [0.5, 0.6) is 0 Å². The Balaban J connectivity index is 0.988. The van der Waals surface area contributed by atoms with Gasteiger partial charge in [-0.05, 0) is 127 Å². The third-order valence-electron chi connectivity index (χ3n) is 11.0. The summed E-state index contributed by atoms with van der Waals surface area (Å²) in [6, 6.07) is 28.4. The maximum atomic E-state index is 14.0. The van der Waals surface area contributed by atoms with E-state index in [1.807, 2.05) is 30.3 Å². The number of fused-ring (bicyclic) bond motifs is 1. The van der Waals surface area contributed by atoms with Gasteiger partial charge in [0.05, 0.1) is 0 Å². The van der Waals surface area contributed by atoms with Gasteiger partial charge in [0.2, 0.25) is 11.8 Å². The van der Waals surface area contributed by atoms with Crippen LogP contribution in [-0.4, -0.2) is 82.0 Å². The van der Waals surface area contributed by atoms with Crippen molar-refractivity contribution in [3.63, 3.8) is 0 Å². The van der Waals surface area contributed by atoms with Crippen molar-refractivity contribution in [1.82, 2.24) is 20.4 Å². The van der Waals surface area contributed by atoms with E-state index < -0.39 is 59.4 Å². The molecule has 2 aliphatic heterocycles. The van der Waals surface area contributed by atoms with Crippen molar-refractivity contribution in [3.8, 4) is 11.3 Å². The van der Waals surface area contributed by atoms with Crippen LogP contribution in [0.25, 0.3) is 22.3 Å². The molecule has 65 heavy (non-hydrogen) atoms. The standard InChI is InChI=1S/C50H56N6O9/c1-49(2,3)64-47(61)53-41(32-15-9-7-10-16-32)45(59)55-27-13-19-37(55)43(57)51-35-23-21-31(22-24-35)40-30-34-29-36(25-26-39(34)63-40)52-44(58)38-20-14-28-56(38)46(60)42(33-17-11-8-12-18-33)54-48(62)65-50(4,5)6/h7-12,15-18,21-26,29-30,37-38,41-42H,13-14,19-20,27-28H2,1-6H3,(H,51,57)(H,52,58)(H,53,61)(H,54,62)/t37?,38-,41+,42+/m0/s1. The molecule has 15 heteroatoms. The zero-order valence-electron chi connectivity index (χ0n) is 37.5. The number of nitrogens with zero attached hydrogens (tertiary/aromatic N) is 2. The lowest BCUT2D eigenvalue weighted by Crippen LogP contribution is -2.49. The van der Waals surface area contributed by atoms with Crippen molar-refractivity contribution in [3.05, 3.63) is 120 Å². The van der Waals surface area contributed by atoms with Gasteiger partial charge in [0.25, 0.3) is 11.8 Å². The zero-order valence-corrected chi connectivity index (χ0v) is 37.5. The van der Waals surface area contributed by atoms with E-state index in [1.165, 1.54) is 9.80 Å². The molecule has 3 heterocycles. The largest absolute Gasteiger partial charge is 0.456 e. The van der Waals surface area contributed by atoms with Crippen molar-refractivity contribution in [2.45, 2.75) is 103 Å². The van der Waals surface area contributed by atoms with Gasteiger partial charge in [0.1, 0.15) is 46.7 Å². The second-order valence-corrected chi connectivity index (χ2v) is 18.3. The summed E-state index contributed by atoms with van der Waals surface area (Å²) in [4.78, 5) is 84.1. The molecule has 4 atom stereocenters. The van der Waals surface area contributed by atoms with Crippen LogP contribution < -0.4 is 21.3 Å². The summed E-state index contributed by atoms with van der Waals surface area (Å²) in [5.41, 5.74) is 2.00. The first-order valence-electron chi connectivity index (χ1n) is 21.9. The van der Waals surface area contributed by atoms with E-state index >= 15 is 0 Å². The van der Waals surface area contributed by atoms with Crippen molar-refractivity contribution < 1.29 is 42.7 Å². The number of carbonyl (C=O) groups excluding carboxylic acids is 6. The Kier molecular flexibility index (Phi) is 13.6. The molecule has 340 valence electrons. The summed E-state index contributed by atoms with van der Waals surface area (Å²) in [5.74, 6) is -0.934. The number of carbonyl (C=O) groups is 6. The lowest BCUT2D eigenvalue weighted by Gasteiger charge is -2.29. The Morgan fingerprint density at radius 2 is 1.03 bits per heavy atom. The number of hydrogen-bond donors (Lipinski definition) is 4. The Hall–Kier alpha value is -7.16. The van der Waals surface area contributed by atoms with Crippen molar-refractivity contribution >= 4 is 58.2 Å². The highest BCUT2D eigenvalue weighted by Gasteiger charge is 2.40. The molecule has 0 aliphatic carbocycles. The van der Waals surface area contributed by atoms with Gasteiger partial charge in [-0.25, -0.2) is 9.59 Å². The molecule has 2 saturated heterocycles. The molecule has 1 aromatic heterocycles. The highest BCUT2D eigenvalue weighted by atomic mass is 16.6. The smallest absolute Gasteiger partial charge is 0.408 e. The summed E-state index contributed by atoms with van der Waals surface area (Å²) in [7, 11) is 0. The van der Waals surface area contributed by atoms with E-state index in [4.69, 9.17) is 13.9 Å². The molecule has 0 spiro atoms. The minimum atomic E-state index is -1.05. The summed E-state index contributed by atoms with van der Waals surface area (Å²) in [5, 5.41) is 12.1. The third kappa shape index (κ3) is 11.5. The van der Waals surface area contributed by atoms with Crippen LogP contribution in [-0.2, 0) is 28.7 Å². The summed E-state index contributed by atoms with van der Waals surface area (Å²) < 4.78 is 17.1. The van der Waals surface area contributed by atoms with E-state index in [0.29, 0.717) is 72.6 Å². The van der Waals surface area contributed by atoms with Gasteiger partial charge in [-0.15, -0.1) is 0 Å². The number of benzene rings is 4. The monoisotopic (exact) mass is 884 g/mol. The molecule has 15 nitrogen and oxygen atoms in total. The molecule has 7 rings (SSSR count). The molecule has 2 aliphatic rings. The molecular weight excluding hydrogens is 829 g/mol. The van der Waals surface area contributed by atoms with Crippen molar-refractivity contribution in [2.24, 2.45) is 0 Å². The van der Waals surface area contributed by atoms with Gasteiger partial charge >= 0.3 is 12.2 Å². The zero-order chi connectivity index (χ0) is 46.5. The predicted molar refractivity (Wildman–Crippen MR) is 245 cm³/mol. The van der Waals surface area contributed by atoms with Crippen LogP contribution in [0.2, 0.25) is 0 Å². The van der Waals surface area contributed by atoms with Gasteiger partial charge in [-0.3, -0.25) is 19.2 Å². The highest BCUT2D eigenvalue weighted by molar-refractivity contribution is 6.01. The van der Waals surface area contributed by atoms with E-state index in [1.54, 1.807) is 120 Å². The predicted octanol–water partition coefficient (Wildman–Crippen LogP) is 8.49. The molecule has 5 aromatic rings. The molecule has 6 amide bonds. The average Bonchev–Trinajstić information content (AvgIpc) is 4.05. The van der Waals surface area contributed by atoms with Gasteiger partial charge in [-0.2, -0.15) is 0 Å². The maximum Gasteiger partial charge on any atom is 0.408 e. The highest BCUT2D eigenvalue weighted by Crippen LogP contribution is 2.32. The minimum Gasteiger partial charge on any atom is -0.456 e. The van der Waals surface area contributed by atoms with Crippen LogP contribution in [0, 0.1) is 0 Å². The van der Waals surface area contributed by atoms with Crippen LogP contribution >= 0.6 is 0 Å². The third-order valence-corrected chi connectivity index (χ3v) is 11.0. The fraction of sp³-hybridized carbons (Fsp3) is 0.360. The van der Waals surface area contributed by atoms with Crippen LogP contribution in [0.15, 0.2) is 114 Å². The Morgan fingerprint density at radius 3 is 1.49 bits per heavy atom. The molecule has 0 radical (unpaired) electrons. The quantitative estimate of drug-likeness (QED) is 0.101. The molecule has 4 N–H and O–H groups in total. The lowest BCUT2D eigenvalue weighted by molar-refractivity contribution is -0.138. The molecule has 2 fully saturated rings. The SMILES string of the molecule is CC(C)(C)OC(=O)N[C@@H](C(=O)N1CCCC1C(=O)Nc1ccc(-c2cc3cc(NC(=O)[C@@H]4CCCN4C(=O)[C@H](NC(=O)OC(C)(C)C)c4ccccc4)ccc3o2)cc1)c1ccccc1. The fourth-order valence-electron chi connectivity index (χ4n) is 8.09. The summed E-state index contributed by atoms with van der Waals surface area (Å²) in [6.07, 6.45) is 0.693. The van der Waals surface area contributed by atoms with Crippen LogP contribution in [0.1, 0.15) is 90.4 Å². The first-order chi connectivity index (χ1) is 30.9. The number of alkyl carbamates (subject to hydrolysis) is 2. The second kappa shape index (κ2) is 19.3. The van der Waals surface area contributed by atoms with E-state index in [9.17, 15) is 28.8 Å². The van der Waals surface area contributed by atoms with Crippen LogP contribution in [0.4, 0.5) is 21.0 Å². The molecule has 0 saturated carbocycles. The number of hydrogen-bond acceptors (Lipinski definition) is 9.